The van der Waals surface area contributed by atoms with Crippen LogP contribution in [0, 0.1) is 10.1 Å². The van der Waals surface area contributed by atoms with Crippen LogP contribution in [-0.2, 0) is 0 Å². The van der Waals surface area contributed by atoms with Crippen LogP contribution in [0.3, 0.4) is 0 Å². The smallest absolute Gasteiger partial charge is 0.311 e. The molecule has 86 valence electrons. The summed E-state index contributed by atoms with van der Waals surface area (Å²) in [6, 6.07) is 2.92. The van der Waals surface area contributed by atoms with Gasteiger partial charge >= 0.3 is 5.69 Å². The van der Waals surface area contributed by atoms with E-state index >= 15 is 0 Å². The molecule has 2 N–H and O–H groups in total. The Morgan fingerprint density at radius 2 is 2.31 bits per heavy atom. The zero-order valence-corrected chi connectivity index (χ0v) is 9.30. The predicted octanol–water partition coefficient (Wildman–Crippen LogP) is 1.58. The highest BCUT2D eigenvalue weighted by molar-refractivity contribution is 5.57. The minimum atomic E-state index is -0.551. The number of nitrogen functional groups attached to an aromatic ring is 1. The molecule has 0 fully saturated rings. The monoisotopic (exact) mass is 222 g/mol. The molecule has 0 saturated carbocycles. The van der Waals surface area contributed by atoms with Gasteiger partial charge in [-0.25, -0.2) is 4.98 Å². The summed E-state index contributed by atoms with van der Waals surface area (Å²) in [6.07, 6.45) is 0. The van der Waals surface area contributed by atoms with Crippen molar-refractivity contribution in [2.45, 2.75) is 6.92 Å². The maximum absolute atomic E-state index is 10.5. The van der Waals surface area contributed by atoms with E-state index in [1.54, 1.807) is 6.07 Å². The van der Waals surface area contributed by atoms with Crippen LogP contribution in [0.4, 0.5) is 17.3 Å². The highest BCUT2D eigenvalue weighted by Gasteiger charge is 2.14. The summed E-state index contributed by atoms with van der Waals surface area (Å²) in [5, 5.41) is 10.5. The Bertz CT molecular complexity index is 431. The van der Waals surface area contributed by atoms with E-state index in [0.29, 0.717) is 12.4 Å². The third kappa shape index (κ3) is 2.69. The van der Waals surface area contributed by atoms with Gasteiger partial charge in [0.15, 0.2) is 0 Å². The van der Waals surface area contributed by atoms with Crippen molar-refractivity contribution >= 4 is 17.3 Å². The first-order chi connectivity index (χ1) is 7.41. The number of likely N-dealkylation sites (N-methyl/N-ethyl adjacent to an activating group) is 1. The van der Waals surface area contributed by atoms with Crippen molar-refractivity contribution in [3.8, 4) is 0 Å². The quantitative estimate of drug-likeness (QED) is 0.475. The van der Waals surface area contributed by atoms with E-state index in [4.69, 9.17) is 5.73 Å². The van der Waals surface area contributed by atoms with Gasteiger partial charge in [0.25, 0.3) is 0 Å². The fourth-order valence-corrected chi connectivity index (χ4v) is 1.31. The Labute approximate surface area is 93.5 Å². The summed E-state index contributed by atoms with van der Waals surface area (Å²) >= 11 is 0. The maximum Gasteiger partial charge on any atom is 0.311 e. The number of nitrogens with zero attached hydrogens (tertiary/aromatic N) is 3. The second-order valence-corrected chi connectivity index (χ2v) is 3.64. The highest BCUT2D eigenvalue weighted by atomic mass is 16.6. The van der Waals surface area contributed by atoms with Crippen molar-refractivity contribution in [3.63, 3.8) is 0 Å². The molecule has 0 aliphatic carbocycles. The molecule has 0 aromatic carbocycles. The first kappa shape index (κ1) is 12.0. The molecule has 0 amide bonds. The van der Waals surface area contributed by atoms with Crippen LogP contribution in [0.5, 0.6) is 0 Å². The number of hydrogen-bond acceptors (Lipinski definition) is 5. The molecule has 0 bridgehead atoms. The minimum absolute atomic E-state index is 0.0731. The summed E-state index contributed by atoms with van der Waals surface area (Å²) in [7, 11) is 1.82. The van der Waals surface area contributed by atoms with Crippen LogP contribution in [0.25, 0.3) is 0 Å². The van der Waals surface area contributed by atoms with Crippen molar-refractivity contribution in [2.24, 2.45) is 0 Å². The molecule has 0 saturated heterocycles. The van der Waals surface area contributed by atoms with E-state index < -0.39 is 4.92 Å². The summed E-state index contributed by atoms with van der Waals surface area (Å²) in [4.78, 5) is 15.8. The molecule has 1 rings (SSSR count). The van der Waals surface area contributed by atoms with E-state index in [1.165, 1.54) is 6.07 Å². The number of anilines is 2. The lowest BCUT2D eigenvalue weighted by molar-refractivity contribution is -0.384. The molecule has 0 unspecified atom stereocenters. The first-order valence-corrected chi connectivity index (χ1v) is 4.68. The summed E-state index contributed by atoms with van der Waals surface area (Å²) in [5.74, 6) is 0.516. The minimum Gasteiger partial charge on any atom is -0.378 e. The molecule has 6 heteroatoms. The van der Waals surface area contributed by atoms with Crippen molar-refractivity contribution in [1.29, 1.82) is 0 Å². The summed E-state index contributed by atoms with van der Waals surface area (Å²) < 4.78 is 0. The van der Waals surface area contributed by atoms with Gasteiger partial charge in [-0.2, -0.15) is 0 Å². The van der Waals surface area contributed by atoms with Crippen LogP contribution in [0.2, 0.25) is 0 Å². The molecule has 0 spiro atoms. The lowest BCUT2D eigenvalue weighted by Crippen LogP contribution is -2.20. The number of aromatic nitrogens is 1. The Kier molecular flexibility index (Phi) is 3.44. The molecule has 16 heavy (non-hydrogen) atoms. The van der Waals surface area contributed by atoms with E-state index in [0.717, 1.165) is 5.57 Å². The van der Waals surface area contributed by atoms with Gasteiger partial charge < -0.3 is 10.6 Å². The van der Waals surface area contributed by atoms with Gasteiger partial charge in [0, 0.05) is 19.7 Å². The average Bonchev–Trinajstić information content (AvgIpc) is 2.15. The van der Waals surface area contributed by atoms with Gasteiger partial charge in [0.05, 0.1) is 4.92 Å². The van der Waals surface area contributed by atoms with E-state index in [1.807, 2.05) is 18.9 Å². The third-order valence-corrected chi connectivity index (χ3v) is 1.98. The highest BCUT2D eigenvalue weighted by Crippen LogP contribution is 2.22. The molecule has 1 heterocycles. The van der Waals surface area contributed by atoms with Gasteiger partial charge in [-0.1, -0.05) is 12.2 Å². The zero-order valence-electron chi connectivity index (χ0n) is 9.30. The molecular weight excluding hydrogens is 208 g/mol. The SMILES string of the molecule is C=C(C)CN(C)c1ccc([N+](=O)[O-])c(N)n1. The molecular formula is C10H14N4O2. The third-order valence-electron chi connectivity index (χ3n) is 1.98. The van der Waals surface area contributed by atoms with E-state index in [-0.39, 0.29) is 11.5 Å². The van der Waals surface area contributed by atoms with Crippen LogP contribution in [-0.4, -0.2) is 23.5 Å². The number of nitrogens with two attached hydrogens (primary N) is 1. The number of nitro groups is 1. The molecule has 0 radical (unpaired) electrons. The van der Waals surface area contributed by atoms with Gasteiger partial charge in [-0.15, -0.1) is 0 Å². The van der Waals surface area contributed by atoms with Crippen molar-refractivity contribution in [3.05, 3.63) is 34.4 Å². The Hall–Kier alpha value is -2.11. The average molecular weight is 222 g/mol. The topological polar surface area (TPSA) is 85.3 Å². The summed E-state index contributed by atoms with van der Waals surface area (Å²) in [5.41, 5.74) is 6.29. The molecule has 1 aromatic rings. The van der Waals surface area contributed by atoms with Gasteiger partial charge in [-0.3, -0.25) is 10.1 Å². The first-order valence-electron chi connectivity index (χ1n) is 4.68. The fourth-order valence-electron chi connectivity index (χ4n) is 1.31. The molecule has 6 nitrogen and oxygen atoms in total. The van der Waals surface area contributed by atoms with Crippen molar-refractivity contribution in [2.75, 3.05) is 24.2 Å². The molecule has 0 aliphatic heterocycles. The van der Waals surface area contributed by atoms with E-state index in [2.05, 4.69) is 11.6 Å². The normalized spacial score (nSPS) is 9.88. The Morgan fingerprint density at radius 1 is 1.69 bits per heavy atom. The van der Waals surface area contributed by atoms with E-state index in [9.17, 15) is 10.1 Å². The van der Waals surface area contributed by atoms with Gasteiger partial charge in [0.1, 0.15) is 5.82 Å². The second-order valence-electron chi connectivity index (χ2n) is 3.64. The van der Waals surface area contributed by atoms with Crippen LogP contribution < -0.4 is 10.6 Å². The zero-order chi connectivity index (χ0) is 12.3. The van der Waals surface area contributed by atoms with Gasteiger partial charge in [-0.05, 0) is 13.0 Å². The predicted molar refractivity (Wildman–Crippen MR) is 63.4 cm³/mol. The standard InChI is InChI=1S/C10H14N4O2/c1-7(2)6-13(3)9-5-4-8(14(15)16)10(11)12-9/h4-5H,1,6H2,2-3H3,(H2,11,12). The largest absolute Gasteiger partial charge is 0.378 e. The number of pyridine rings is 1. The Balaban J connectivity index is 2.96. The van der Waals surface area contributed by atoms with Gasteiger partial charge in [0.2, 0.25) is 5.82 Å². The lowest BCUT2D eigenvalue weighted by Gasteiger charge is -2.18. The fraction of sp³-hybridized carbons (Fsp3) is 0.300. The molecule has 1 aromatic heterocycles. The second kappa shape index (κ2) is 4.61. The number of hydrogen-bond donors (Lipinski definition) is 1. The molecule has 0 aliphatic rings. The summed E-state index contributed by atoms with van der Waals surface area (Å²) in [6.45, 7) is 6.30. The Morgan fingerprint density at radius 3 is 2.75 bits per heavy atom. The van der Waals surface area contributed by atoms with Crippen molar-refractivity contribution in [1.82, 2.24) is 4.98 Å². The molecule has 0 atom stereocenters. The van der Waals surface area contributed by atoms with Crippen molar-refractivity contribution < 1.29 is 4.92 Å². The van der Waals surface area contributed by atoms with Crippen LogP contribution in [0.1, 0.15) is 6.92 Å². The van der Waals surface area contributed by atoms with Crippen LogP contribution >= 0.6 is 0 Å². The lowest BCUT2D eigenvalue weighted by atomic mass is 10.3. The maximum atomic E-state index is 10.5. The number of rotatable bonds is 4. The van der Waals surface area contributed by atoms with Crippen LogP contribution in [0.15, 0.2) is 24.3 Å².